The first-order valence-electron chi connectivity index (χ1n) is 10.1. The zero-order chi connectivity index (χ0) is 22.0. The number of halogens is 1. The van der Waals surface area contributed by atoms with E-state index in [1.807, 2.05) is 12.1 Å². The lowest BCUT2D eigenvalue weighted by atomic mass is 10.0. The lowest BCUT2D eigenvalue weighted by Crippen LogP contribution is -2.51. The van der Waals surface area contributed by atoms with E-state index in [1.54, 1.807) is 30.0 Å². The molecule has 1 amide bonds. The SMILES string of the molecule is CC(=O)N1CCN(CC(=N)NC(=N)c2ccc3[nH]nc(-c4ccc(F)cc4)c3c2)CC1. The van der Waals surface area contributed by atoms with E-state index in [-0.39, 0.29) is 23.4 Å². The molecule has 3 aromatic rings. The van der Waals surface area contributed by atoms with Crippen LogP contribution in [0.2, 0.25) is 0 Å². The zero-order valence-corrected chi connectivity index (χ0v) is 17.2. The number of aromatic amines is 1. The maximum absolute atomic E-state index is 13.3. The summed E-state index contributed by atoms with van der Waals surface area (Å²) in [6.45, 7) is 4.69. The molecule has 0 radical (unpaired) electrons. The largest absolute Gasteiger partial charge is 0.340 e. The molecule has 1 aliphatic heterocycles. The molecule has 1 aromatic heterocycles. The Morgan fingerprint density at radius 3 is 2.52 bits per heavy atom. The van der Waals surface area contributed by atoms with Crippen LogP contribution in [0.4, 0.5) is 4.39 Å². The van der Waals surface area contributed by atoms with Crippen LogP contribution < -0.4 is 5.32 Å². The van der Waals surface area contributed by atoms with Gasteiger partial charge in [0.2, 0.25) is 5.91 Å². The van der Waals surface area contributed by atoms with Crippen molar-refractivity contribution in [2.75, 3.05) is 32.7 Å². The van der Waals surface area contributed by atoms with Crippen LogP contribution >= 0.6 is 0 Å². The van der Waals surface area contributed by atoms with Crippen molar-refractivity contribution in [1.82, 2.24) is 25.3 Å². The fraction of sp³-hybridized carbons (Fsp3) is 0.273. The van der Waals surface area contributed by atoms with E-state index in [1.165, 1.54) is 12.1 Å². The van der Waals surface area contributed by atoms with E-state index < -0.39 is 0 Å². The number of amidine groups is 2. The molecule has 4 rings (SSSR count). The predicted octanol–water partition coefficient (Wildman–Crippen LogP) is 2.43. The lowest BCUT2D eigenvalue weighted by molar-refractivity contribution is -0.130. The van der Waals surface area contributed by atoms with E-state index in [4.69, 9.17) is 10.8 Å². The predicted molar refractivity (Wildman–Crippen MR) is 118 cm³/mol. The minimum Gasteiger partial charge on any atom is -0.340 e. The van der Waals surface area contributed by atoms with Crippen molar-refractivity contribution in [2.45, 2.75) is 6.92 Å². The highest BCUT2D eigenvalue weighted by Crippen LogP contribution is 2.27. The Hall–Kier alpha value is -3.59. The van der Waals surface area contributed by atoms with Crippen LogP contribution in [0.25, 0.3) is 22.2 Å². The Morgan fingerprint density at radius 1 is 1.13 bits per heavy atom. The highest BCUT2D eigenvalue weighted by atomic mass is 19.1. The quantitative estimate of drug-likeness (QED) is 0.383. The fourth-order valence-electron chi connectivity index (χ4n) is 3.70. The molecule has 0 aliphatic carbocycles. The van der Waals surface area contributed by atoms with Gasteiger partial charge in [0.1, 0.15) is 17.5 Å². The third-order valence-corrected chi connectivity index (χ3v) is 5.44. The molecule has 1 saturated heterocycles. The molecule has 1 fully saturated rings. The Balaban J connectivity index is 1.43. The number of fused-ring (bicyclic) bond motifs is 1. The number of rotatable bonds is 4. The van der Waals surface area contributed by atoms with Crippen LogP contribution in [0, 0.1) is 16.6 Å². The Labute approximate surface area is 179 Å². The van der Waals surface area contributed by atoms with E-state index in [0.29, 0.717) is 44.0 Å². The van der Waals surface area contributed by atoms with Gasteiger partial charge in [-0.2, -0.15) is 5.10 Å². The molecule has 0 unspecified atom stereocenters. The molecule has 4 N–H and O–H groups in total. The van der Waals surface area contributed by atoms with Gasteiger partial charge in [0, 0.05) is 49.6 Å². The van der Waals surface area contributed by atoms with Crippen LogP contribution in [0.15, 0.2) is 42.5 Å². The Bertz CT molecular complexity index is 1130. The molecule has 0 atom stereocenters. The first kappa shape index (κ1) is 20.7. The molecular formula is C22H24FN7O. The smallest absolute Gasteiger partial charge is 0.219 e. The molecule has 9 heteroatoms. The fourth-order valence-corrected chi connectivity index (χ4v) is 3.70. The van der Waals surface area contributed by atoms with Crippen LogP contribution in [-0.4, -0.2) is 70.3 Å². The molecule has 1 aliphatic rings. The summed E-state index contributed by atoms with van der Waals surface area (Å²) in [5.41, 5.74) is 2.91. The van der Waals surface area contributed by atoms with Gasteiger partial charge in [0.15, 0.2) is 0 Å². The molecule has 160 valence electrons. The van der Waals surface area contributed by atoms with E-state index in [2.05, 4.69) is 20.4 Å². The number of amides is 1. The minimum absolute atomic E-state index is 0.0734. The second-order valence-electron chi connectivity index (χ2n) is 7.60. The van der Waals surface area contributed by atoms with Crippen LogP contribution in [0.3, 0.4) is 0 Å². The highest BCUT2D eigenvalue weighted by molar-refractivity contribution is 6.09. The minimum atomic E-state index is -0.309. The lowest BCUT2D eigenvalue weighted by Gasteiger charge is -2.34. The summed E-state index contributed by atoms with van der Waals surface area (Å²) < 4.78 is 13.3. The van der Waals surface area contributed by atoms with Crippen molar-refractivity contribution < 1.29 is 9.18 Å². The van der Waals surface area contributed by atoms with Crippen LogP contribution in [0.5, 0.6) is 0 Å². The summed E-state index contributed by atoms with van der Waals surface area (Å²) in [5.74, 6) is 0.119. The second kappa shape index (κ2) is 8.65. The highest BCUT2D eigenvalue weighted by Gasteiger charge is 2.20. The number of benzene rings is 2. The van der Waals surface area contributed by atoms with E-state index in [0.717, 1.165) is 16.5 Å². The number of nitrogens with one attached hydrogen (secondary N) is 4. The Kier molecular flexibility index (Phi) is 5.77. The van der Waals surface area contributed by atoms with Crippen molar-refractivity contribution >= 4 is 28.5 Å². The Morgan fingerprint density at radius 2 is 1.84 bits per heavy atom. The number of carbonyl (C=O) groups excluding carboxylic acids is 1. The van der Waals surface area contributed by atoms with Gasteiger partial charge in [0.05, 0.1) is 17.8 Å². The molecule has 0 bridgehead atoms. The van der Waals surface area contributed by atoms with Crippen molar-refractivity contribution in [2.24, 2.45) is 0 Å². The van der Waals surface area contributed by atoms with Gasteiger partial charge in [-0.15, -0.1) is 0 Å². The average Bonchev–Trinajstić information content (AvgIpc) is 3.18. The van der Waals surface area contributed by atoms with Gasteiger partial charge in [-0.25, -0.2) is 4.39 Å². The maximum Gasteiger partial charge on any atom is 0.219 e. The van der Waals surface area contributed by atoms with E-state index in [9.17, 15) is 9.18 Å². The van der Waals surface area contributed by atoms with Gasteiger partial charge in [0.25, 0.3) is 0 Å². The normalized spacial score (nSPS) is 14.6. The number of hydrogen-bond donors (Lipinski definition) is 4. The van der Waals surface area contributed by atoms with Crippen molar-refractivity contribution in [1.29, 1.82) is 10.8 Å². The summed E-state index contributed by atoms with van der Waals surface area (Å²) in [7, 11) is 0. The number of hydrogen-bond acceptors (Lipinski definition) is 5. The van der Waals surface area contributed by atoms with Crippen molar-refractivity contribution in [3.63, 3.8) is 0 Å². The van der Waals surface area contributed by atoms with Crippen molar-refractivity contribution in [3.8, 4) is 11.3 Å². The molecule has 0 spiro atoms. The number of aromatic nitrogens is 2. The maximum atomic E-state index is 13.3. The van der Waals surface area contributed by atoms with Crippen LogP contribution in [-0.2, 0) is 4.79 Å². The second-order valence-corrected chi connectivity index (χ2v) is 7.60. The van der Waals surface area contributed by atoms with Crippen LogP contribution in [0.1, 0.15) is 12.5 Å². The van der Waals surface area contributed by atoms with Gasteiger partial charge >= 0.3 is 0 Å². The monoisotopic (exact) mass is 421 g/mol. The standard InChI is InChI=1S/C22H24FN7O/c1-14(31)30-10-8-29(9-11-30)13-20(24)26-22(25)16-4-7-19-18(12-16)21(28-27-19)15-2-5-17(23)6-3-15/h2-7,12H,8-11,13H2,1H3,(H,27,28)(H3,24,25,26). The summed E-state index contributed by atoms with van der Waals surface area (Å²) in [4.78, 5) is 15.3. The third-order valence-electron chi connectivity index (χ3n) is 5.44. The molecular weight excluding hydrogens is 397 g/mol. The summed E-state index contributed by atoms with van der Waals surface area (Å²) >= 11 is 0. The number of carbonyl (C=O) groups is 1. The van der Waals surface area contributed by atoms with Gasteiger partial charge in [-0.1, -0.05) is 0 Å². The van der Waals surface area contributed by atoms with E-state index >= 15 is 0 Å². The summed E-state index contributed by atoms with van der Waals surface area (Å²) in [6.07, 6.45) is 0. The summed E-state index contributed by atoms with van der Waals surface area (Å²) in [6, 6.07) is 11.6. The van der Waals surface area contributed by atoms with Gasteiger partial charge < -0.3 is 10.2 Å². The first-order chi connectivity index (χ1) is 14.9. The molecule has 2 heterocycles. The van der Waals surface area contributed by atoms with Gasteiger partial charge in [-0.05, 0) is 42.5 Å². The topological polar surface area (TPSA) is 112 Å². The third kappa shape index (κ3) is 4.61. The number of H-pyrrole nitrogens is 1. The number of nitrogens with zero attached hydrogens (tertiary/aromatic N) is 3. The molecule has 31 heavy (non-hydrogen) atoms. The molecule has 2 aromatic carbocycles. The van der Waals surface area contributed by atoms with Gasteiger partial charge in [-0.3, -0.25) is 25.6 Å². The number of piperazine rings is 1. The summed E-state index contributed by atoms with van der Waals surface area (Å²) in [5, 5.41) is 27.6. The van der Waals surface area contributed by atoms with Crippen molar-refractivity contribution in [3.05, 3.63) is 53.8 Å². The zero-order valence-electron chi connectivity index (χ0n) is 17.2. The average molecular weight is 421 g/mol. The first-order valence-corrected chi connectivity index (χ1v) is 10.1. The molecule has 0 saturated carbocycles. The molecule has 8 nitrogen and oxygen atoms in total.